The first kappa shape index (κ1) is 30.4. The van der Waals surface area contributed by atoms with E-state index in [4.69, 9.17) is 4.74 Å². The number of aliphatic carboxylic acids is 1. The maximum atomic E-state index is 12.8. The summed E-state index contributed by atoms with van der Waals surface area (Å²) in [5.74, 6) is -0.0780. The summed E-state index contributed by atoms with van der Waals surface area (Å²) in [7, 11) is 0. The van der Waals surface area contributed by atoms with Gasteiger partial charge in [-0.2, -0.15) is 0 Å². The lowest BCUT2D eigenvalue weighted by atomic mass is 9.86. The number of carbonyl (C=O) groups excluding carboxylic acids is 1. The lowest BCUT2D eigenvalue weighted by molar-refractivity contribution is -0.139. The molecule has 7 heteroatoms. The predicted molar refractivity (Wildman–Crippen MR) is 166 cm³/mol. The summed E-state index contributed by atoms with van der Waals surface area (Å²) in [5, 5.41) is 12.4. The second kappa shape index (κ2) is 13.9. The third kappa shape index (κ3) is 8.26. The van der Waals surface area contributed by atoms with Crippen molar-refractivity contribution >= 4 is 11.9 Å². The summed E-state index contributed by atoms with van der Waals surface area (Å²) < 4.78 is 5.79. The lowest BCUT2D eigenvalue weighted by Crippen LogP contribution is -2.42. The first-order chi connectivity index (χ1) is 20.1. The number of rotatable bonds is 12. The second-order valence-corrected chi connectivity index (χ2v) is 11.5. The highest BCUT2D eigenvalue weighted by Gasteiger charge is 2.22. The Morgan fingerprint density at radius 1 is 0.833 bits per heavy atom. The van der Waals surface area contributed by atoms with E-state index in [1.165, 1.54) is 12.8 Å². The van der Waals surface area contributed by atoms with Crippen molar-refractivity contribution in [2.24, 2.45) is 0 Å². The van der Waals surface area contributed by atoms with Crippen LogP contribution in [0.2, 0.25) is 0 Å². The van der Waals surface area contributed by atoms with Gasteiger partial charge in [0.05, 0.1) is 6.61 Å². The normalized spacial score (nSPS) is 12.0. The Kier molecular flexibility index (Phi) is 10.1. The summed E-state index contributed by atoms with van der Waals surface area (Å²) in [6.45, 7) is 9.19. The Morgan fingerprint density at radius 2 is 1.45 bits per heavy atom. The summed E-state index contributed by atoms with van der Waals surface area (Å²) in [4.78, 5) is 33.8. The van der Waals surface area contributed by atoms with Crippen molar-refractivity contribution < 1.29 is 19.4 Å². The molecule has 0 radical (unpaired) electrons. The van der Waals surface area contributed by atoms with Gasteiger partial charge < -0.3 is 15.2 Å². The van der Waals surface area contributed by atoms with Crippen LogP contribution in [0.25, 0.3) is 22.5 Å². The van der Waals surface area contributed by atoms with Crippen LogP contribution < -0.4 is 10.1 Å². The highest BCUT2D eigenvalue weighted by molar-refractivity contribution is 5.96. The smallest absolute Gasteiger partial charge is 0.326 e. The number of amides is 1. The van der Waals surface area contributed by atoms with Crippen LogP contribution in [-0.2, 0) is 16.6 Å². The van der Waals surface area contributed by atoms with Gasteiger partial charge in [0.2, 0.25) is 0 Å². The van der Waals surface area contributed by atoms with Crippen molar-refractivity contribution in [1.82, 2.24) is 15.3 Å². The molecule has 3 aromatic carbocycles. The van der Waals surface area contributed by atoms with Gasteiger partial charge in [-0.3, -0.25) is 4.79 Å². The molecular weight excluding hydrogens is 526 g/mol. The molecule has 1 heterocycles. The lowest BCUT2D eigenvalue weighted by Gasteiger charge is -2.19. The molecule has 1 atom stereocenters. The molecule has 0 saturated carbocycles. The number of nitrogens with one attached hydrogen (secondary N) is 1. The van der Waals surface area contributed by atoms with E-state index in [-0.39, 0.29) is 11.8 Å². The molecular formula is C35H39N3O4. The van der Waals surface area contributed by atoms with Crippen LogP contribution in [0, 0.1) is 0 Å². The minimum absolute atomic E-state index is 0.0346. The highest BCUT2D eigenvalue weighted by Crippen LogP contribution is 2.24. The van der Waals surface area contributed by atoms with Gasteiger partial charge in [0.15, 0.2) is 5.82 Å². The Bertz CT molecular complexity index is 1460. The number of carbonyl (C=O) groups is 2. The molecule has 1 amide bonds. The molecule has 0 spiro atoms. The van der Waals surface area contributed by atoms with Gasteiger partial charge in [0.1, 0.15) is 11.8 Å². The number of hydrogen-bond acceptors (Lipinski definition) is 5. The number of unbranched alkanes of at least 4 members (excludes halogenated alkanes) is 2. The monoisotopic (exact) mass is 565 g/mol. The van der Waals surface area contributed by atoms with E-state index in [2.05, 4.69) is 43.0 Å². The predicted octanol–water partition coefficient (Wildman–Crippen LogP) is 7.10. The number of nitrogens with zero attached hydrogens (tertiary/aromatic N) is 2. The molecule has 1 aromatic heterocycles. The van der Waals surface area contributed by atoms with Gasteiger partial charge in [-0.1, -0.05) is 89.1 Å². The molecule has 42 heavy (non-hydrogen) atoms. The second-order valence-electron chi connectivity index (χ2n) is 11.5. The van der Waals surface area contributed by atoms with E-state index in [1.807, 2.05) is 60.7 Å². The molecule has 0 aliphatic carbocycles. The van der Waals surface area contributed by atoms with Crippen LogP contribution in [0.15, 0.2) is 85.2 Å². The minimum Gasteiger partial charge on any atom is -0.494 e. The zero-order valence-electron chi connectivity index (χ0n) is 24.8. The zero-order chi connectivity index (χ0) is 30.1. The van der Waals surface area contributed by atoms with E-state index in [0.29, 0.717) is 11.4 Å². The first-order valence-electron chi connectivity index (χ1n) is 14.4. The van der Waals surface area contributed by atoms with Crippen LogP contribution in [0.3, 0.4) is 0 Å². The molecule has 0 saturated heterocycles. The summed E-state index contributed by atoms with van der Waals surface area (Å²) in [6.07, 6.45) is 7.12. The van der Waals surface area contributed by atoms with Crippen molar-refractivity contribution in [3.8, 4) is 28.3 Å². The third-order valence-electron chi connectivity index (χ3n) is 7.12. The van der Waals surface area contributed by atoms with E-state index < -0.39 is 17.9 Å². The van der Waals surface area contributed by atoms with Crippen molar-refractivity contribution in [2.75, 3.05) is 6.61 Å². The number of ether oxygens (including phenoxy) is 1. The Hall–Kier alpha value is -4.52. The van der Waals surface area contributed by atoms with E-state index in [1.54, 1.807) is 24.5 Å². The molecule has 0 aliphatic heterocycles. The number of benzene rings is 3. The molecule has 0 aliphatic rings. The highest BCUT2D eigenvalue weighted by atomic mass is 16.5. The van der Waals surface area contributed by atoms with Gasteiger partial charge in [0.25, 0.3) is 5.91 Å². The summed E-state index contributed by atoms with van der Waals surface area (Å²) in [5.41, 5.74) is 5.00. The van der Waals surface area contributed by atoms with Gasteiger partial charge in [0, 0.05) is 35.5 Å². The Morgan fingerprint density at radius 3 is 2.02 bits per heavy atom. The van der Waals surface area contributed by atoms with E-state index >= 15 is 0 Å². The number of carboxylic acid groups (broad SMARTS) is 1. The molecule has 7 nitrogen and oxygen atoms in total. The topological polar surface area (TPSA) is 101 Å². The number of aromatic nitrogens is 2. The molecule has 0 fully saturated rings. The van der Waals surface area contributed by atoms with Crippen LogP contribution in [0.1, 0.15) is 68.4 Å². The molecule has 0 unspecified atom stereocenters. The van der Waals surface area contributed by atoms with Gasteiger partial charge in [-0.25, -0.2) is 14.8 Å². The fourth-order valence-electron chi connectivity index (χ4n) is 4.50. The standard InChI is InChI=1S/C35H39N3O4/c1-5-6-7-20-42-30-18-14-25(15-19-30)28-22-36-32(37-23-28)26-10-8-24(9-11-26)21-31(34(40)41)38-33(39)27-12-16-29(17-13-27)35(2,3)4/h8-19,22-23,31H,5-7,20-21H2,1-4H3,(H,38,39)(H,40,41)/t31-/m0/s1. The van der Waals surface area contributed by atoms with Crippen molar-refractivity contribution in [3.05, 3.63) is 102 Å². The maximum Gasteiger partial charge on any atom is 0.326 e. The third-order valence-corrected chi connectivity index (χ3v) is 7.12. The molecule has 2 N–H and O–H groups in total. The molecule has 0 bridgehead atoms. The van der Waals surface area contributed by atoms with E-state index in [0.717, 1.165) is 46.6 Å². The van der Waals surface area contributed by atoms with Gasteiger partial charge in [-0.05, 0) is 52.8 Å². The largest absolute Gasteiger partial charge is 0.494 e. The van der Waals surface area contributed by atoms with Gasteiger partial charge >= 0.3 is 5.97 Å². The summed E-state index contributed by atoms with van der Waals surface area (Å²) >= 11 is 0. The van der Waals surface area contributed by atoms with Crippen LogP contribution >= 0.6 is 0 Å². The van der Waals surface area contributed by atoms with Gasteiger partial charge in [-0.15, -0.1) is 0 Å². The van der Waals surface area contributed by atoms with Crippen molar-refractivity contribution in [1.29, 1.82) is 0 Å². The fourth-order valence-corrected chi connectivity index (χ4v) is 4.50. The SMILES string of the molecule is CCCCCOc1ccc(-c2cnc(-c3ccc(C[C@H](NC(=O)c4ccc(C(C)(C)C)cc4)C(=O)O)cc3)nc2)cc1. The molecule has 218 valence electrons. The first-order valence-corrected chi connectivity index (χ1v) is 14.4. The average Bonchev–Trinajstić information content (AvgIpc) is 2.99. The van der Waals surface area contributed by atoms with Crippen LogP contribution in [-0.4, -0.2) is 39.6 Å². The fraction of sp³-hybridized carbons (Fsp3) is 0.314. The van der Waals surface area contributed by atoms with Crippen LogP contribution in [0.4, 0.5) is 0 Å². The Labute approximate surface area is 248 Å². The maximum absolute atomic E-state index is 12.8. The zero-order valence-corrected chi connectivity index (χ0v) is 24.8. The average molecular weight is 566 g/mol. The Balaban J connectivity index is 1.36. The molecule has 4 aromatic rings. The minimum atomic E-state index is -1.09. The van der Waals surface area contributed by atoms with Crippen molar-refractivity contribution in [2.45, 2.75) is 64.8 Å². The summed E-state index contributed by atoms with van der Waals surface area (Å²) in [6, 6.07) is 21.5. The molecule has 4 rings (SSSR count). The quantitative estimate of drug-likeness (QED) is 0.178. The van der Waals surface area contributed by atoms with Crippen molar-refractivity contribution in [3.63, 3.8) is 0 Å². The number of hydrogen-bond donors (Lipinski definition) is 2. The van der Waals surface area contributed by atoms with Crippen LogP contribution in [0.5, 0.6) is 5.75 Å². The van der Waals surface area contributed by atoms with E-state index in [9.17, 15) is 14.7 Å². The number of carboxylic acids is 1.